The molecule has 3 saturated carbocycles. The second-order valence-electron chi connectivity index (χ2n) is 10.2. The van der Waals surface area contributed by atoms with Crippen molar-refractivity contribution < 1.29 is 23.5 Å². The van der Waals surface area contributed by atoms with Gasteiger partial charge < -0.3 is 25.4 Å². The largest absolute Gasteiger partial charge is 0.484 e. The van der Waals surface area contributed by atoms with Crippen molar-refractivity contribution in [2.45, 2.75) is 61.9 Å². The van der Waals surface area contributed by atoms with Gasteiger partial charge in [0.2, 0.25) is 5.91 Å². The van der Waals surface area contributed by atoms with E-state index in [0.29, 0.717) is 18.1 Å². The zero-order chi connectivity index (χ0) is 23.9. The standard InChI is InChI=1S/C24H32ClFN4O4/c1-33-17-11-30(12-17)15-4-5-27-20(6-15)23(32)29-24-8-14(9-24)21(10-24)28-22(31)13-34-16-2-3-18(25)19(26)7-16/h2-3,7,14-15,17,20-21,27H,4-6,8-13H2,1H3,(H,28,31)(H,29,32). The summed E-state index contributed by atoms with van der Waals surface area (Å²) >= 11 is 5.67. The van der Waals surface area contributed by atoms with Gasteiger partial charge in [-0.25, -0.2) is 4.39 Å². The maximum absolute atomic E-state index is 13.5. The van der Waals surface area contributed by atoms with Crippen molar-refractivity contribution in [2.24, 2.45) is 5.92 Å². The van der Waals surface area contributed by atoms with Gasteiger partial charge in [0.25, 0.3) is 5.91 Å². The lowest BCUT2D eigenvalue weighted by Gasteiger charge is -2.47. The number of methoxy groups -OCH3 is 1. The lowest BCUT2D eigenvalue weighted by Crippen LogP contribution is -2.63. The summed E-state index contributed by atoms with van der Waals surface area (Å²) in [5, 5.41) is 9.71. The van der Waals surface area contributed by atoms with Crippen molar-refractivity contribution >= 4 is 23.4 Å². The summed E-state index contributed by atoms with van der Waals surface area (Å²) < 4.78 is 24.3. The molecule has 3 N–H and O–H groups in total. The molecule has 3 unspecified atom stereocenters. The van der Waals surface area contributed by atoms with Crippen LogP contribution < -0.4 is 20.7 Å². The van der Waals surface area contributed by atoms with Gasteiger partial charge in [-0.2, -0.15) is 0 Å². The third-order valence-electron chi connectivity index (χ3n) is 7.90. The minimum absolute atomic E-state index is 0.00843. The van der Waals surface area contributed by atoms with E-state index in [9.17, 15) is 14.0 Å². The fourth-order valence-electron chi connectivity index (χ4n) is 5.96. The topological polar surface area (TPSA) is 91.9 Å². The first-order chi connectivity index (χ1) is 16.3. The molecule has 3 atom stereocenters. The Labute approximate surface area is 203 Å². The highest BCUT2D eigenvalue weighted by Gasteiger charge is 2.57. The van der Waals surface area contributed by atoms with Gasteiger partial charge >= 0.3 is 0 Å². The van der Waals surface area contributed by atoms with Crippen LogP contribution >= 0.6 is 11.6 Å². The number of nitrogens with zero attached hydrogens (tertiary/aromatic N) is 1. The molecule has 0 spiro atoms. The van der Waals surface area contributed by atoms with E-state index in [1.54, 1.807) is 7.11 Å². The fraction of sp³-hybridized carbons (Fsp3) is 0.667. The molecule has 5 fully saturated rings. The monoisotopic (exact) mass is 494 g/mol. The molecular formula is C24H32ClFN4O4. The number of likely N-dealkylation sites (tertiary alicyclic amines) is 1. The average Bonchev–Trinajstić information content (AvgIpc) is 3.27. The van der Waals surface area contributed by atoms with Crippen LogP contribution in [0.15, 0.2) is 18.2 Å². The highest BCUT2D eigenvalue weighted by Crippen LogP contribution is 2.52. The predicted molar refractivity (Wildman–Crippen MR) is 124 cm³/mol. The quantitative estimate of drug-likeness (QED) is 0.507. The summed E-state index contributed by atoms with van der Waals surface area (Å²) in [4.78, 5) is 27.8. The average molecular weight is 495 g/mol. The lowest BCUT2D eigenvalue weighted by molar-refractivity contribution is -0.128. The van der Waals surface area contributed by atoms with Crippen molar-refractivity contribution in [1.29, 1.82) is 0 Å². The molecule has 186 valence electrons. The maximum atomic E-state index is 13.5. The van der Waals surface area contributed by atoms with E-state index in [-0.39, 0.29) is 46.8 Å². The van der Waals surface area contributed by atoms with Crippen LogP contribution in [-0.4, -0.2) is 79.8 Å². The Balaban J connectivity index is 1.07. The highest BCUT2D eigenvalue weighted by molar-refractivity contribution is 6.30. The zero-order valence-corrected chi connectivity index (χ0v) is 20.1. The van der Waals surface area contributed by atoms with E-state index >= 15 is 0 Å². The Morgan fingerprint density at radius 1 is 1.29 bits per heavy atom. The molecule has 5 aliphatic rings. The molecule has 2 aliphatic heterocycles. The molecule has 2 heterocycles. The summed E-state index contributed by atoms with van der Waals surface area (Å²) in [6, 6.07) is 4.32. The van der Waals surface area contributed by atoms with E-state index in [0.717, 1.165) is 57.8 Å². The molecule has 2 amide bonds. The van der Waals surface area contributed by atoms with Gasteiger partial charge in [-0.15, -0.1) is 0 Å². The number of hydrogen-bond acceptors (Lipinski definition) is 6. The first kappa shape index (κ1) is 23.8. The zero-order valence-electron chi connectivity index (χ0n) is 19.3. The molecule has 1 aromatic rings. The Hall–Kier alpha value is -1.94. The van der Waals surface area contributed by atoms with E-state index in [4.69, 9.17) is 21.1 Å². The third kappa shape index (κ3) is 4.89. The van der Waals surface area contributed by atoms with Crippen molar-refractivity contribution in [3.63, 3.8) is 0 Å². The van der Waals surface area contributed by atoms with Gasteiger partial charge in [0.1, 0.15) is 11.6 Å². The summed E-state index contributed by atoms with van der Waals surface area (Å²) in [7, 11) is 1.75. The first-order valence-electron chi connectivity index (χ1n) is 12.0. The molecule has 2 bridgehead atoms. The van der Waals surface area contributed by atoms with Crippen LogP contribution in [0.3, 0.4) is 0 Å². The molecule has 34 heavy (non-hydrogen) atoms. The van der Waals surface area contributed by atoms with Crippen LogP contribution in [0.4, 0.5) is 4.39 Å². The summed E-state index contributed by atoms with van der Waals surface area (Å²) in [6.45, 7) is 2.53. The molecule has 6 rings (SSSR count). The lowest BCUT2D eigenvalue weighted by atomic mass is 9.76. The second-order valence-corrected chi connectivity index (χ2v) is 10.6. The van der Waals surface area contributed by atoms with Gasteiger partial charge in [-0.3, -0.25) is 14.5 Å². The van der Waals surface area contributed by atoms with E-state index in [1.807, 2.05) is 0 Å². The van der Waals surface area contributed by atoms with Crippen molar-refractivity contribution in [3.8, 4) is 5.75 Å². The van der Waals surface area contributed by atoms with Crippen molar-refractivity contribution in [1.82, 2.24) is 20.9 Å². The third-order valence-corrected chi connectivity index (χ3v) is 8.21. The van der Waals surface area contributed by atoms with Gasteiger partial charge in [-0.05, 0) is 56.7 Å². The van der Waals surface area contributed by atoms with Crippen LogP contribution in [0.2, 0.25) is 5.02 Å². The van der Waals surface area contributed by atoms with Gasteiger partial charge in [-0.1, -0.05) is 11.6 Å². The molecule has 0 radical (unpaired) electrons. The number of amides is 2. The fourth-order valence-corrected chi connectivity index (χ4v) is 6.08. The maximum Gasteiger partial charge on any atom is 0.258 e. The van der Waals surface area contributed by atoms with E-state index in [1.165, 1.54) is 12.1 Å². The van der Waals surface area contributed by atoms with Gasteiger partial charge in [0, 0.05) is 43.9 Å². The Kier molecular flexibility index (Phi) is 6.72. The normalized spacial score (nSPS) is 33.0. The van der Waals surface area contributed by atoms with Crippen molar-refractivity contribution in [3.05, 3.63) is 29.0 Å². The van der Waals surface area contributed by atoms with Crippen LogP contribution in [0.25, 0.3) is 0 Å². The SMILES string of the molecule is COC1CN(C2CCNC(C(=O)NC34CC(C3)C(NC(=O)COc3ccc(Cl)c(F)c3)C4)C2)C1. The smallest absolute Gasteiger partial charge is 0.258 e. The molecule has 8 nitrogen and oxygen atoms in total. The first-order valence-corrected chi connectivity index (χ1v) is 12.4. The number of fused-ring (bicyclic) bond motifs is 1. The number of hydrogen-bond donors (Lipinski definition) is 3. The van der Waals surface area contributed by atoms with Crippen LogP contribution in [0.1, 0.15) is 32.1 Å². The summed E-state index contributed by atoms with van der Waals surface area (Å²) in [5.41, 5.74) is -0.230. The molecule has 2 saturated heterocycles. The van der Waals surface area contributed by atoms with Crippen LogP contribution in [0, 0.1) is 11.7 Å². The van der Waals surface area contributed by atoms with Crippen LogP contribution in [-0.2, 0) is 14.3 Å². The number of ether oxygens (including phenoxy) is 2. The minimum atomic E-state index is -0.586. The highest BCUT2D eigenvalue weighted by atomic mass is 35.5. The number of nitrogens with one attached hydrogen (secondary N) is 3. The molecule has 3 aliphatic carbocycles. The van der Waals surface area contributed by atoms with Gasteiger partial charge in [0.05, 0.1) is 17.2 Å². The number of piperidine rings is 1. The second kappa shape index (κ2) is 9.60. The molecule has 10 heteroatoms. The minimum Gasteiger partial charge on any atom is -0.484 e. The van der Waals surface area contributed by atoms with Crippen molar-refractivity contribution in [2.75, 3.05) is 33.4 Å². The molecule has 1 aromatic carbocycles. The molecular weight excluding hydrogens is 463 g/mol. The molecule has 0 aromatic heterocycles. The number of halogens is 2. The Morgan fingerprint density at radius 2 is 2.09 bits per heavy atom. The van der Waals surface area contributed by atoms with E-state index in [2.05, 4.69) is 20.9 Å². The number of carbonyl (C=O) groups is 2. The van der Waals surface area contributed by atoms with Gasteiger partial charge in [0.15, 0.2) is 6.61 Å². The Morgan fingerprint density at radius 3 is 2.82 bits per heavy atom. The number of rotatable bonds is 8. The van der Waals surface area contributed by atoms with E-state index < -0.39 is 5.82 Å². The Bertz CT molecular complexity index is 938. The summed E-state index contributed by atoms with van der Waals surface area (Å²) in [6.07, 6.45) is 4.66. The summed E-state index contributed by atoms with van der Waals surface area (Å²) in [5.74, 6) is -0.166. The van der Waals surface area contributed by atoms with Crippen LogP contribution in [0.5, 0.6) is 5.75 Å². The number of carbonyl (C=O) groups excluding carboxylic acids is 2. The number of benzene rings is 1. The predicted octanol–water partition coefficient (Wildman–Crippen LogP) is 1.46.